The van der Waals surface area contributed by atoms with Gasteiger partial charge in [-0.25, -0.2) is 0 Å². The van der Waals surface area contributed by atoms with Gasteiger partial charge in [-0.2, -0.15) is 0 Å². The van der Waals surface area contributed by atoms with Crippen molar-refractivity contribution < 1.29 is 4.74 Å². The van der Waals surface area contributed by atoms with Gasteiger partial charge < -0.3 is 4.74 Å². The molecule has 0 atom stereocenters. The van der Waals surface area contributed by atoms with Gasteiger partial charge in [0.1, 0.15) is 5.75 Å². The van der Waals surface area contributed by atoms with Gasteiger partial charge >= 0.3 is 0 Å². The number of aryl methyl sites for hydroxylation is 1. The van der Waals surface area contributed by atoms with Crippen LogP contribution in [0.2, 0.25) is 6.55 Å². The van der Waals surface area contributed by atoms with E-state index in [0.29, 0.717) is 5.88 Å². The molecule has 0 radical (unpaired) electrons. The Morgan fingerprint density at radius 1 is 1.38 bits per heavy atom. The normalized spacial score (nSPS) is 11.0. The first-order valence-electron chi connectivity index (χ1n) is 4.53. The van der Waals surface area contributed by atoms with Gasteiger partial charge in [-0.05, 0) is 24.1 Å². The zero-order chi connectivity index (χ0) is 9.68. The number of halogens is 1. The molecule has 0 aromatic heterocycles. The Labute approximate surface area is 86.9 Å². The Bertz CT molecular complexity index is 253. The molecule has 0 aliphatic carbocycles. The Balaban J connectivity index is 2.93. The largest absolute Gasteiger partial charge is 0.497 e. The molecule has 0 aliphatic rings. The molecule has 0 unspecified atom stereocenters. The highest BCUT2D eigenvalue weighted by molar-refractivity contribution is 6.52. The molecule has 1 nitrogen and oxygen atoms in total. The number of rotatable bonds is 4. The minimum absolute atomic E-state index is 0.101. The zero-order valence-electron chi connectivity index (χ0n) is 8.14. The van der Waals surface area contributed by atoms with Crippen LogP contribution in [0.15, 0.2) is 18.2 Å². The topological polar surface area (TPSA) is 9.23 Å². The summed E-state index contributed by atoms with van der Waals surface area (Å²) in [5.74, 6) is 1.64. The average molecular weight is 215 g/mol. The predicted octanol–water partition coefficient (Wildman–Crippen LogP) is 1.32. The Kier molecular flexibility index (Phi) is 4.32. The maximum absolute atomic E-state index is 5.70. The van der Waals surface area contributed by atoms with E-state index in [1.165, 1.54) is 10.8 Å². The van der Waals surface area contributed by atoms with Crippen LogP contribution < -0.4 is 9.92 Å². The lowest BCUT2D eigenvalue weighted by Gasteiger charge is -2.06. The lowest BCUT2D eigenvalue weighted by molar-refractivity contribution is 0.414. The quantitative estimate of drug-likeness (QED) is 0.543. The number of hydrogen-bond donors (Lipinski definition) is 0. The van der Waals surface area contributed by atoms with E-state index in [1.807, 2.05) is 0 Å². The first kappa shape index (κ1) is 10.6. The molecule has 0 N–H and O–H groups in total. The van der Waals surface area contributed by atoms with E-state index in [1.54, 1.807) is 7.11 Å². The van der Waals surface area contributed by atoms with Crippen LogP contribution in [-0.4, -0.2) is 22.5 Å². The summed E-state index contributed by atoms with van der Waals surface area (Å²) in [7, 11) is 1.61. The highest BCUT2D eigenvalue weighted by atomic mass is 35.5. The molecule has 72 valence electrons. The highest BCUT2D eigenvalue weighted by Crippen LogP contribution is 2.11. The monoisotopic (exact) mass is 214 g/mol. The molecular weight excluding hydrogens is 200 g/mol. The van der Waals surface area contributed by atoms with Crippen molar-refractivity contribution in [3.05, 3.63) is 23.8 Å². The van der Waals surface area contributed by atoms with Gasteiger partial charge in [-0.15, -0.1) is 11.6 Å². The summed E-state index contributed by atoms with van der Waals surface area (Å²) in [4.78, 5) is 0. The number of benzene rings is 1. The van der Waals surface area contributed by atoms with Crippen LogP contribution in [0.25, 0.3) is 0 Å². The van der Waals surface area contributed by atoms with E-state index in [-0.39, 0.29) is 9.52 Å². The SMILES string of the molecule is COc1cc(CCCl)cc([SiH2]C)c1. The van der Waals surface area contributed by atoms with Crippen LogP contribution >= 0.6 is 11.6 Å². The Morgan fingerprint density at radius 3 is 2.69 bits per heavy atom. The van der Waals surface area contributed by atoms with Crippen molar-refractivity contribution in [3.63, 3.8) is 0 Å². The van der Waals surface area contributed by atoms with Crippen LogP contribution in [0.3, 0.4) is 0 Å². The van der Waals surface area contributed by atoms with E-state index >= 15 is 0 Å². The summed E-state index contributed by atoms with van der Waals surface area (Å²) >= 11 is 5.70. The van der Waals surface area contributed by atoms with E-state index in [2.05, 4.69) is 24.7 Å². The first-order valence-corrected chi connectivity index (χ1v) is 7.18. The molecule has 0 saturated heterocycles. The van der Waals surface area contributed by atoms with E-state index in [9.17, 15) is 0 Å². The third kappa shape index (κ3) is 3.05. The van der Waals surface area contributed by atoms with Crippen molar-refractivity contribution in [1.29, 1.82) is 0 Å². The molecular formula is C10H15ClOSi. The summed E-state index contributed by atoms with van der Waals surface area (Å²) in [5.41, 5.74) is 1.29. The number of alkyl halides is 1. The molecule has 1 rings (SSSR count). The second kappa shape index (κ2) is 5.30. The maximum Gasteiger partial charge on any atom is 0.118 e. The van der Waals surface area contributed by atoms with E-state index in [4.69, 9.17) is 16.3 Å². The fourth-order valence-corrected chi connectivity index (χ4v) is 2.39. The zero-order valence-corrected chi connectivity index (χ0v) is 10.3. The molecule has 0 heterocycles. The van der Waals surface area contributed by atoms with E-state index < -0.39 is 0 Å². The van der Waals surface area contributed by atoms with Crippen LogP contribution in [0, 0.1) is 0 Å². The van der Waals surface area contributed by atoms with Gasteiger partial charge in [0, 0.05) is 5.88 Å². The van der Waals surface area contributed by atoms with Gasteiger partial charge in [0.2, 0.25) is 0 Å². The van der Waals surface area contributed by atoms with Crippen LogP contribution in [0.1, 0.15) is 5.56 Å². The van der Waals surface area contributed by atoms with Crippen molar-refractivity contribution in [3.8, 4) is 5.75 Å². The van der Waals surface area contributed by atoms with Crippen LogP contribution in [0.5, 0.6) is 5.75 Å². The third-order valence-corrected chi connectivity index (χ3v) is 3.47. The fourth-order valence-electron chi connectivity index (χ4n) is 1.30. The van der Waals surface area contributed by atoms with Crippen molar-refractivity contribution in [2.24, 2.45) is 0 Å². The summed E-state index contributed by atoms with van der Waals surface area (Å²) < 4.78 is 5.22. The number of hydrogen-bond acceptors (Lipinski definition) is 1. The summed E-state index contributed by atoms with van der Waals surface area (Å²) in [5, 5.41) is 1.44. The smallest absolute Gasteiger partial charge is 0.118 e. The van der Waals surface area contributed by atoms with Gasteiger partial charge in [-0.1, -0.05) is 17.8 Å². The fraction of sp³-hybridized carbons (Fsp3) is 0.400. The molecule has 1 aromatic carbocycles. The van der Waals surface area contributed by atoms with Crippen molar-refractivity contribution in [1.82, 2.24) is 0 Å². The standard InChI is InChI=1S/C10H15ClOSi/c1-12-9-5-8(3-4-11)6-10(7-9)13-2/h5-7H,3-4,13H2,1-2H3. The van der Waals surface area contributed by atoms with Gasteiger partial charge in [0.25, 0.3) is 0 Å². The van der Waals surface area contributed by atoms with Gasteiger partial charge in [0.15, 0.2) is 0 Å². The third-order valence-electron chi connectivity index (χ3n) is 2.05. The lowest BCUT2D eigenvalue weighted by Crippen LogP contribution is -2.11. The molecule has 0 amide bonds. The average Bonchev–Trinajstić information content (AvgIpc) is 2.17. The number of ether oxygens (including phenoxy) is 1. The second-order valence-corrected chi connectivity index (χ2v) is 4.88. The Hall–Kier alpha value is -0.473. The highest BCUT2D eigenvalue weighted by Gasteiger charge is 1.99. The molecule has 1 aromatic rings. The molecule has 0 aliphatic heterocycles. The molecule has 0 bridgehead atoms. The van der Waals surface area contributed by atoms with Crippen molar-refractivity contribution >= 4 is 26.3 Å². The molecule has 0 saturated carbocycles. The molecule has 0 spiro atoms. The first-order chi connectivity index (χ1) is 6.30. The minimum atomic E-state index is -0.101. The molecule has 3 heteroatoms. The van der Waals surface area contributed by atoms with Gasteiger partial charge in [-0.3, -0.25) is 0 Å². The minimum Gasteiger partial charge on any atom is -0.497 e. The van der Waals surface area contributed by atoms with Crippen molar-refractivity contribution in [2.45, 2.75) is 13.0 Å². The second-order valence-electron chi connectivity index (χ2n) is 2.98. The maximum atomic E-state index is 5.70. The number of methoxy groups -OCH3 is 1. The molecule has 13 heavy (non-hydrogen) atoms. The summed E-state index contributed by atoms with van der Waals surface area (Å²) in [6.07, 6.45) is 0.931. The molecule has 0 fully saturated rings. The summed E-state index contributed by atoms with van der Waals surface area (Å²) in [6.45, 7) is 2.28. The summed E-state index contributed by atoms with van der Waals surface area (Å²) in [6, 6.07) is 6.44. The Morgan fingerprint density at radius 2 is 2.15 bits per heavy atom. The van der Waals surface area contributed by atoms with Crippen molar-refractivity contribution in [2.75, 3.05) is 13.0 Å². The predicted molar refractivity (Wildman–Crippen MR) is 61.5 cm³/mol. The van der Waals surface area contributed by atoms with Crippen LogP contribution in [-0.2, 0) is 6.42 Å². The van der Waals surface area contributed by atoms with E-state index in [0.717, 1.165) is 12.2 Å². The van der Waals surface area contributed by atoms with Crippen LogP contribution in [0.4, 0.5) is 0 Å². The van der Waals surface area contributed by atoms with Gasteiger partial charge in [0.05, 0.1) is 16.6 Å². The lowest BCUT2D eigenvalue weighted by atomic mass is 10.1.